The highest BCUT2D eigenvalue weighted by Crippen LogP contribution is 2.19. The van der Waals surface area contributed by atoms with Gasteiger partial charge in [0.05, 0.1) is 0 Å². The van der Waals surface area contributed by atoms with Gasteiger partial charge in [0.25, 0.3) is 0 Å². The van der Waals surface area contributed by atoms with Crippen LogP contribution in [0.2, 0.25) is 0 Å². The third kappa shape index (κ3) is 4.44. The summed E-state index contributed by atoms with van der Waals surface area (Å²) < 4.78 is 10.4. The second-order valence-electron chi connectivity index (χ2n) is 5.75. The molecule has 2 aromatic carbocycles. The van der Waals surface area contributed by atoms with Crippen molar-refractivity contribution in [3.05, 3.63) is 71.6 Å². The van der Waals surface area contributed by atoms with Gasteiger partial charge in [-0.15, -0.1) is 0 Å². The number of nitrogens with one attached hydrogen (secondary N) is 1. The Morgan fingerprint density at radius 1 is 1.16 bits per heavy atom. The highest BCUT2D eigenvalue weighted by molar-refractivity contribution is 5.67. The summed E-state index contributed by atoms with van der Waals surface area (Å²) in [6.45, 7) is 3.98. The van der Waals surface area contributed by atoms with Crippen molar-refractivity contribution in [2.24, 2.45) is 0 Å². The van der Waals surface area contributed by atoms with Crippen LogP contribution in [0, 0.1) is 6.92 Å². The molecule has 1 heterocycles. The van der Waals surface area contributed by atoms with Gasteiger partial charge in [0.2, 0.25) is 11.7 Å². The van der Waals surface area contributed by atoms with Crippen LogP contribution in [0.25, 0.3) is 11.4 Å². The lowest BCUT2D eigenvalue weighted by molar-refractivity contribution is 0.134. The van der Waals surface area contributed by atoms with E-state index in [0.29, 0.717) is 11.7 Å². The van der Waals surface area contributed by atoms with Crippen LogP contribution < -0.4 is 5.32 Å². The van der Waals surface area contributed by atoms with E-state index < -0.39 is 12.1 Å². The molecule has 0 aliphatic heterocycles. The molecule has 128 valence electrons. The second-order valence-corrected chi connectivity index (χ2v) is 5.75. The Balaban J connectivity index is 1.57. The maximum Gasteiger partial charge on any atom is 0.408 e. The first-order valence-corrected chi connectivity index (χ1v) is 7.99. The van der Waals surface area contributed by atoms with Crippen LogP contribution in [0.1, 0.15) is 30.0 Å². The molecule has 25 heavy (non-hydrogen) atoms. The van der Waals surface area contributed by atoms with Gasteiger partial charge in [0, 0.05) is 5.56 Å². The number of carbonyl (C=O) groups excluding carboxylic acids is 1. The number of aryl methyl sites for hydroxylation is 1. The Bertz CT molecular complexity index is 829. The van der Waals surface area contributed by atoms with Crippen LogP contribution in [0.15, 0.2) is 59.1 Å². The summed E-state index contributed by atoms with van der Waals surface area (Å²) in [5, 5.41) is 6.64. The fraction of sp³-hybridized carbons (Fsp3) is 0.211. The van der Waals surface area contributed by atoms with Gasteiger partial charge in [-0.25, -0.2) is 4.79 Å². The summed E-state index contributed by atoms with van der Waals surface area (Å²) in [5.41, 5.74) is 2.94. The molecule has 0 saturated heterocycles. The van der Waals surface area contributed by atoms with E-state index in [1.54, 1.807) is 6.92 Å². The fourth-order valence-corrected chi connectivity index (χ4v) is 2.23. The molecular weight excluding hydrogens is 318 g/mol. The van der Waals surface area contributed by atoms with Crippen molar-refractivity contribution in [3.63, 3.8) is 0 Å². The Kier molecular flexibility index (Phi) is 5.09. The van der Waals surface area contributed by atoms with Gasteiger partial charge in [-0.1, -0.05) is 65.3 Å². The Morgan fingerprint density at radius 3 is 2.60 bits per heavy atom. The minimum Gasteiger partial charge on any atom is -0.445 e. The second kappa shape index (κ2) is 7.61. The van der Waals surface area contributed by atoms with E-state index in [2.05, 4.69) is 15.5 Å². The van der Waals surface area contributed by atoms with Gasteiger partial charge < -0.3 is 14.6 Å². The zero-order valence-electron chi connectivity index (χ0n) is 14.1. The zero-order valence-corrected chi connectivity index (χ0v) is 14.1. The molecule has 0 fully saturated rings. The molecule has 1 atom stereocenters. The van der Waals surface area contributed by atoms with E-state index in [-0.39, 0.29) is 6.61 Å². The zero-order chi connectivity index (χ0) is 17.6. The van der Waals surface area contributed by atoms with Crippen LogP contribution in [0.4, 0.5) is 4.79 Å². The summed E-state index contributed by atoms with van der Waals surface area (Å²) in [6, 6.07) is 16.8. The number of alkyl carbamates (subject to hydrolysis) is 1. The van der Waals surface area contributed by atoms with Gasteiger partial charge in [-0.05, 0) is 19.4 Å². The van der Waals surface area contributed by atoms with Crippen molar-refractivity contribution in [3.8, 4) is 11.4 Å². The van der Waals surface area contributed by atoms with Crippen LogP contribution in [-0.4, -0.2) is 16.2 Å². The molecule has 1 N–H and O–H groups in total. The monoisotopic (exact) mass is 337 g/mol. The van der Waals surface area contributed by atoms with Crippen molar-refractivity contribution in [1.29, 1.82) is 0 Å². The number of benzene rings is 2. The first-order chi connectivity index (χ1) is 12.1. The summed E-state index contributed by atoms with van der Waals surface area (Å²) in [6.07, 6.45) is -0.536. The lowest BCUT2D eigenvalue weighted by Gasteiger charge is -2.10. The third-order valence-corrected chi connectivity index (χ3v) is 3.67. The summed E-state index contributed by atoms with van der Waals surface area (Å²) >= 11 is 0. The molecule has 0 unspecified atom stereocenters. The van der Waals surface area contributed by atoms with Gasteiger partial charge in [0.1, 0.15) is 12.6 Å². The summed E-state index contributed by atoms with van der Waals surface area (Å²) in [7, 11) is 0. The topological polar surface area (TPSA) is 77.2 Å². The molecule has 1 amide bonds. The Morgan fingerprint density at radius 2 is 1.88 bits per heavy atom. The van der Waals surface area contributed by atoms with Crippen LogP contribution >= 0.6 is 0 Å². The number of amides is 1. The van der Waals surface area contributed by atoms with Gasteiger partial charge >= 0.3 is 6.09 Å². The molecule has 1 aromatic heterocycles. The molecule has 3 aromatic rings. The third-order valence-electron chi connectivity index (χ3n) is 3.67. The number of ether oxygens (including phenoxy) is 1. The molecule has 0 aliphatic rings. The van der Waals surface area contributed by atoms with Gasteiger partial charge in [0.15, 0.2) is 0 Å². The Hall–Kier alpha value is -3.15. The first-order valence-electron chi connectivity index (χ1n) is 7.99. The van der Waals surface area contributed by atoms with E-state index in [0.717, 1.165) is 16.7 Å². The Labute approximate surface area is 145 Å². The van der Waals surface area contributed by atoms with Crippen LogP contribution in [0.5, 0.6) is 0 Å². The van der Waals surface area contributed by atoms with Crippen molar-refractivity contribution in [2.45, 2.75) is 26.5 Å². The standard InChI is InChI=1S/C19H19N3O3/c1-13-8-10-16(11-9-13)17-21-18(25-22-17)14(2)20-19(23)24-12-15-6-4-3-5-7-15/h3-11,14H,12H2,1-2H3,(H,20,23)/t14-/m1/s1. The number of carbonyl (C=O) groups is 1. The van der Waals surface area contributed by atoms with Crippen molar-refractivity contribution < 1.29 is 14.1 Å². The minimum absolute atomic E-state index is 0.206. The smallest absolute Gasteiger partial charge is 0.408 e. The minimum atomic E-state index is -0.536. The number of aromatic nitrogens is 2. The number of rotatable bonds is 5. The first kappa shape index (κ1) is 16.7. The van der Waals surface area contributed by atoms with Crippen LogP contribution in [0.3, 0.4) is 0 Å². The average Bonchev–Trinajstić information content (AvgIpc) is 3.12. The lowest BCUT2D eigenvalue weighted by atomic mass is 10.1. The summed E-state index contributed by atoms with van der Waals surface area (Å²) in [5.74, 6) is 0.813. The van der Waals surface area contributed by atoms with E-state index >= 15 is 0 Å². The number of nitrogens with zero attached hydrogens (tertiary/aromatic N) is 2. The highest BCUT2D eigenvalue weighted by Gasteiger charge is 2.18. The quantitative estimate of drug-likeness (QED) is 0.760. The largest absolute Gasteiger partial charge is 0.445 e. The van der Waals surface area contributed by atoms with Gasteiger partial charge in [-0.3, -0.25) is 0 Å². The molecule has 0 aliphatic carbocycles. The molecule has 0 bridgehead atoms. The number of hydrogen-bond acceptors (Lipinski definition) is 5. The van der Waals surface area contributed by atoms with Gasteiger partial charge in [-0.2, -0.15) is 4.98 Å². The molecule has 0 radical (unpaired) electrons. The van der Waals surface area contributed by atoms with Crippen molar-refractivity contribution in [2.75, 3.05) is 0 Å². The predicted octanol–water partition coefficient (Wildman–Crippen LogP) is 4.03. The van der Waals surface area contributed by atoms with E-state index in [9.17, 15) is 4.79 Å². The van der Waals surface area contributed by atoms with Crippen molar-refractivity contribution in [1.82, 2.24) is 15.5 Å². The van der Waals surface area contributed by atoms with E-state index in [1.807, 2.05) is 61.5 Å². The van der Waals surface area contributed by atoms with E-state index in [4.69, 9.17) is 9.26 Å². The maximum atomic E-state index is 11.9. The van der Waals surface area contributed by atoms with Crippen LogP contribution in [-0.2, 0) is 11.3 Å². The SMILES string of the molecule is Cc1ccc(-c2noc([C@@H](C)NC(=O)OCc3ccccc3)n2)cc1. The van der Waals surface area contributed by atoms with E-state index in [1.165, 1.54) is 0 Å². The normalized spacial score (nSPS) is 11.8. The molecule has 3 rings (SSSR count). The molecule has 0 saturated carbocycles. The maximum absolute atomic E-state index is 11.9. The molecule has 6 heteroatoms. The molecule has 0 spiro atoms. The number of hydrogen-bond donors (Lipinski definition) is 1. The average molecular weight is 337 g/mol. The van der Waals surface area contributed by atoms with Crippen molar-refractivity contribution >= 4 is 6.09 Å². The fourth-order valence-electron chi connectivity index (χ4n) is 2.23. The molecular formula is C19H19N3O3. The molecule has 6 nitrogen and oxygen atoms in total. The summed E-state index contributed by atoms with van der Waals surface area (Å²) in [4.78, 5) is 16.2. The predicted molar refractivity (Wildman–Crippen MR) is 92.6 cm³/mol. The highest BCUT2D eigenvalue weighted by atomic mass is 16.5. The lowest BCUT2D eigenvalue weighted by Crippen LogP contribution is -2.27.